The zero-order valence-electron chi connectivity index (χ0n) is 14.1. The number of benzene rings is 1. The van der Waals surface area contributed by atoms with Gasteiger partial charge in [-0.1, -0.05) is 6.07 Å². The highest BCUT2D eigenvalue weighted by atomic mass is 16.5. The summed E-state index contributed by atoms with van der Waals surface area (Å²) < 4.78 is 10.9. The van der Waals surface area contributed by atoms with Crippen molar-refractivity contribution in [2.45, 2.75) is 13.0 Å². The molecule has 0 spiro atoms. The highest BCUT2D eigenvalue weighted by Gasteiger charge is 2.06. The van der Waals surface area contributed by atoms with E-state index in [1.54, 1.807) is 18.7 Å². The molecule has 1 unspecified atom stereocenters. The summed E-state index contributed by atoms with van der Waals surface area (Å²) in [7, 11) is 0. The number of oxazole rings is 1. The van der Waals surface area contributed by atoms with Gasteiger partial charge in [0.15, 0.2) is 5.89 Å². The second-order valence-electron chi connectivity index (χ2n) is 5.63. The number of nitrogens with zero attached hydrogens (tertiary/aromatic N) is 2. The van der Waals surface area contributed by atoms with Crippen molar-refractivity contribution in [3.05, 3.63) is 66.5 Å². The van der Waals surface area contributed by atoms with Crippen LogP contribution in [0.1, 0.15) is 17.6 Å². The summed E-state index contributed by atoms with van der Waals surface area (Å²) in [6.07, 6.45) is 4.43. The molecule has 6 heteroatoms. The largest absolute Gasteiger partial charge is 0.492 e. The standard InChI is InChI=1S/C19H21N3O3/c1-14-22-18(13-25-14)15-4-6-17(7-5-15)24-10-9-21-12-19(23)16-3-2-8-20-11-16/h2-8,11,13,19,21,23H,9-10,12H2,1H3. The molecule has 0 radical (unpaired) electrons. The summed E-state index contributed by atoms with van der Waals surface area (Å²) in [6, 6.07) is 11.4. The molecule has 3 aromatic rings. The summed E-state index contributed by atoms with van der Waals surface area (Å²) in [6.45, 7) is 3.43. The smallest absolute Gasteiger partial charge is 0.191 e. The molecule has 130 valence electrons. The van der Waals surface area contributed by atoms with Gasteiger partial charge in [0.05, 0.1) is 6.10 Å². The van der Waals surface area contributed by atoms with Crippen molar-refractivity contribution in [2.24, 2.45) is 0 Å². The van der Waals surface area contributed by atoms with Crippen LogP contribution < -0.4 is 10.1 Å². The van der Waals surface area contributed by atoms with E-state index in [0.717, 1.165) is 22.6 Å². The Kier molecular flexibility index (Phi) is 5.77. The predicted octanol–water partition coefficient (Wildman–Crippen LogP) is 2.75. The normalized spacial score (nSPS) is 12.1. The Labute approximate surface area is 146 Å². The van der Waals surface area contributed by atoms with Crippen LogP contribution in [0.4, 0.5) is 0 Å². The molecule has 0 amide bonds. The fourth-order valence-corrected chi connectivity index (χ4v) is 2.39. The first-order valence-corrected chi connectivity index (χ1v) is 8.16. The minimum Gasteiger partial charge on any atom is -0.492 e. The number of hydrogen-bond donors (Lipinski definition) is 2. The Morgan fingerprint density at radius 2 is 2.08 bits per heavy atom. The second kappa shape index (κ2) is 8.41. The van der Waals surface area contributed by atoms with E-state index in [9.17, 15) is 5.11 Å². The lowest BCUT2D eigenvalue weighted by molar-refractivity contribution is 0.171. The summed E-state index contributed by atoms with van der Waals surface area (Å²) in [5.74, 6) is 1.44. The van der Waals surface area contributed by atoms with Crippen LogP contribution in [-0.2, 0) is 0 Å². The molecule has 6 nitrogen and oxygen atoms in total. The third-order valence-corrected chi connectivity index (χ3v) is 3.72. The third kappa shape index (κ3) is 4.89. The summed E-state index contributed by atoms with van der Waals surface area (Å²) in [5.41, 5.74) is 2.60. The highest BCUT2D eigenvalue weighted by molar-refractivity contribution is 5.58. The average Bonchev–Trinajstić information content (AvgIpc) is 3.09. The van der Waals surface area contributed by atoms with E-state index in [0.29, 0.717) is 25.6 Å². The van der Waals surface area contributed by atoms with Crippen LogP contribution >= 0.6 is 0 Å². The number of hydrogen-bond acceptors (Lipinski definition) is 6. The first kappa shape index (κ1) is 17.1. The summed E-state index contributed by atoms with van der Waals surface area (Å²) in [4.78, 5) is 8.29. The van der Waals surface area contributed by atoms with Crippen molar-refractivity contribution in [3.8, 4) is 17.0 Å². The van der Waals surface area contributed by atoms with Gasteiger partial charge in [-0.05, 0) is 30.3 Å². The van der Waals surface area contributed by atoms with E-state index in [2.05, 4.69) is 15.3 Å². The Hall–Kier alpha value is -2.70. The number of ether oxygens (including phenoxy) is 1. The maximum Gasteiger partial charge on any atom is 0.191 e. The third-order valence-electron chi connectivity index (χ3n) is 3.72. The van der Waals surface area contributed by atoms with Gasteiger partial charge in [0.25, 0.3) is 0 Å². The molecule has 0 aliphatic heterocycles. The topological polar surface area (TPSA) is 80.4 Å². The maximum absolute atomic E-state index is 10.0. The van der Waals surface area contributed by atoms with Crippen molar-refractivity contribution < 1.29 is 14.3 Å². The fourth-order valence-electron chi connectivity index (χ4n) is 2.39. The van der Waals surface area contributed by atoms with Crippen LogP contribution in [0.5, 0.6) is 5.75 Å². The molecule has 3 rings (SSSR count). The number of aromatic nitrogens is 2. The first-order chi connectivity index (χ1) is 12.2. The summed E-state index contributed by atoms with van der Waals surface area (Å²) in [5, 5.41) is 13.2. The fraction of sp³-hybridized carbons (Fsp3) is 0.263. The number of aliphatic hydroxyl groups is 1. The summed E-state index contributed by atoms with van der Waals surface area (Å²) >= 11 is 0. The minimum atomic E-state index is -0.570. The van der Waals surface area contributed by atoms with Gasteiger partial charge in [-0.15, -0.1) is 0 Å². The lowest BCUT2D eigenvalue weighted by Gasteiger charge is -2.12. The molecule has 0 saturated carbocycles. The molecule has 25 heavy (non-hydrogen) atoms. The van der Waals surface area contributed by atoms with Crippen molar-refractivity contribution in [3.63, 3.8) is 0 Å². The molecular weight excluding hydrogens is 318 g/mol. The van der Waals surface area contributed by atoms with Crippen molar-refractivity contribution >= 4 is 0 Å². The van der Waals surface area contributed by atoms with Gasteiger partial charge in [0.1, 0.15) is 24.3 Å². The van der Waals surface area contributed by atoms with Gasteiger partial charge in [-0.25, -0.2) is 4.98 Å². The lowest BCUT2D eigenvalue weighted by atomic mass is 10.1. The zero-order chi connectivity index (χ0) is 17.5. The molecule has 0 aliphatic carbocycles. The predicted molar refractivity (Wildman–Crippen MR) is 94.2 cm³/mol. The molecule has 0 saturated heterocycles. The van der Waals surface area contributed by atoms with E-state index in [4.69, 9.17) is 9.15 Å². The van der Waals surface area contributed by atoms with Gasteiger partial charge in [-0.3, -0.25) is 4.98 Å². The van der Waals surface area contributed by atoms with Crippen LogP contribution in [0.2, 0.25) is 0 Å². The monoisotopic (exact) mass is 339 g/mol. The molecule has 0 bridgehead atoms. The average molecular weight is 339 g/mol. The second-order valence-corrected chi connectivity index (χ2v) is 5.63. The molecule has 0 aliphatic rings. The van der Waals surface area contributed by atoms with Crippen molar-refractivity contribution in [2.75, 3.05) is 19.7 Å². The maximum atomic E-state index is 10.0. The van der Waals surface area contributed by atoms with E-state index in [1.807, 2.05) is 43.3 Å². The molecule has 0 fully saturated rings. The molecule has 1 aromatic carbocycles. The van der Waals surface area contributed by atoms with E-state index < -0.39 is 6.10 Å². The molecule has 2 heterocycles. The molecule has 1 atom stereocenters. The Morgan fingerprint density at radius 1 is 1.24 bits per heavy atom. The SMILES string of the molecule is Cc1nc(-c2ccc(OCCNCC(O)c3cccnc3)cc2)co1. The van der Waals surface area contributed by atoms with Crippen LogP contribution in [0, 0.1) is 6.92 Å². The van der Waals surface area contributed by atoms with Crippen LogP contribution in [-0.4, -0.2) is 34.8 Å². The van der Waals surface area contributed by atoms with Gasteiger partial charge in [-0.2, -0.15) is 0 Å². The van der Waals surface area contributed by atoms with E-state index >= 15 is 0 Å². The van der Waals surface area contributed by atoms with Crippen LogP contribution in [0.15, 0.2) is 59.5 Å². The number of aliphatic hydroxyl groups excluding tert-OH is 1. The number of nitrogens with one attached hydrogen (secondary N) is 1. The van der Waals surface area contributed by atoms with Crippen LogP contribution in [0.3, 0.4) is 0 Å². The van der Waals surface area contributed by atoms with Gasteiger partial charge >= 0.3 is 0 Å². The number of rotatable bonds is 8. The first-order valence-electron chi connectivity index (χ1n) is 8.16. The van der Waals surface area contributed by atoms with E-state index in [-0.39, 0.29) is 0 Å². The van der Waals surface area contributed by atoms with Gasteiger partial charge in [0, 0.05) is 43.5 Å². The van der Waals surface area contributed by atoms with Crippen molar-refractivity contribution in [1.29, 1.82) is 0 Å². The van der Waals surface area contributed by atoms with Gasteiger partial charge in [0.2, 0.25) is 0 Å². The zero-order valence-corrected chi connectivity index (χ0v) is 14.1. The Bertz CT molecular complexity index is 772. The van der Waals surface area contributed by atoms with Crippen LogP contribution in [0.25, 0.3) is 11.3 Å². The molecular formula is C19H21N3O3. The Morgan fingerprint density at radius 3 is 2.76 bits per heavy atom. The Balaban J connectivity index is 1.39. The molecule has 2 N–H and O–H groups in total. The van der Waals surface area contributed by atoms with Crippen molar-refractivity contribution in [1.82, 2.24) is 15.3 Å². The quantitative estimate of drug-likeness (QED) is 0.614. The number of pyridine rings is 1. The molecule has 2 aromatic heterocycles. The lowest BCUT2D eigenvalue weighted by Crippen LogP contribution is -2.26. The number of aryl methyl sites for hydroxylation is 1. The highest BCUT2D eigenvalue weighted by Crippen LogP contribution is 2.21. The van der Waals surface area contributed by atoms with E-state index in [1.165, 1.54) is 0 Å². The minimum absolute atomic E-state index is 0.458. The van der Waals surface area contributed by atoms with Gasteiger partial charge < -0.3 is 19.6 Å².